The molecule has 3 saturated heterocycles. The first-order valence-corrected chi connectivity index (χ1v) is 6.68. The molecule has 0 aromatic heterocycles. The lowest BCUT2D eigenvalue weighted by Gasteiger charge is -2.42. The Balaban J connectivity index is 1.94. The number of rotatable bonds is 1. The van der Waals surface area contributed by atoms with Crippen molar-refractivity contribution in [1.82, 2.24) is 0 Å². The van der Waals surface area contributed by atoms with E-state index in [2.05, 4.69) is 0 Å². The van der Waals surface area contributed by atoms with Gasteiger partial charge in [0.25, 0.3) is 0 Å². The van der Waals surface area contributed by atoms with Gasteiger partial charge in [0.2, 0.25) is 0 Å². The highest BCUT2D eigenvalue weighted by molar-refractivity contribution is 5.04. The van der Waals surface area contributed by atoms with Crippen molar-refractivity contribution in [3.63, 3.8) is 0 Å². The predicted octanol–water partition coefficient (Wildman–Crippen LogP) is 0.765. The average Bonchev–Trinajstić information content (AvgIpc) is 2.69. The van der Waals surface area contributed by atoms with E-state index in [4.69, 9.17) is 23.7 Å². The van der Waals surface area contributed by atoms with Gasteiger partial charge in [-0.15, -0.1) is 0 Å². The summed E-state index contributed by atoms with van der Waals surface area (Å²) in [5.41, 5.74) is 0. The van der Waals surface area contributed by atoms with Gasteiger partial charge in [-0.05, 0) is 34.6 Å². The molecule has 110 valence electrons. The van der Waals surface area contributed by atoms with Crippen LogP contribution in [0, 0.1) is 0 Å². The summed E-state index contributed by atoms with van der Waals surface area (Å²) in [6.45, 7) is 9.04. The van der Waals surface area contributed by atoms with Gasteiger partial charge in [0, 0.05) is 0 Å². The van der Waals surface area contributed by atoms with Crippen LogP contribution in [0.15, 0.2) is 0 Å². The van der Waals surface area contributed by atoms with E-state index in [0.717, 1.165) is 0 Å². The Morgan fingerprint density at radius 1 is 0.842 bits per heavy atom. The number of aliphatic hydroxyl groups is 1. The van der Waals surface area contributed by atoms with E-state index >= 15 is 0 Å². The molecule has 0 aromatic rings. The molecule has 0 spiro atoms. The fourth-order valence-corrected chi connectivity index (χ4v) is 3.29. The van der Waals surface area contributed by atoms with Gasteiger partial charge >= 0.3 is 0 Å². The van der Waals surface area contributed by atoms with Crippen molar-refractivity contribution in [3.8, 4) is 0 Å². The van der Waals surface area contributed by atoms with Crippen molar-refractivity contribution in [3.05, 3.63) is 0 Å². The van der Waals surface area contributed by atoms with E-state index in [1.165, 1.54) is 0 Å². The summed E-state index contributed by atoms with van der Waals surface area (Å²) in [6.07, 6.45) is -1.52. The third-order valence-electron chi connectivity index (χ3n) is 3.77. The Hall–Kier alpha value is -0.240. The lowest BCUT2D eigenvalue weighted by Crippen LogP contribution is -2.61. The molecule has 0 unspecified atom stereocenters. The minimum Gasteiger partial charge on any atom is -0.394 e. The molecular weight excluding hydrogens is 252 g/mol. The molecule has 0 saturated carbocycles. The van der Waals surface area contributed by atoms with Crippen molar-refractivity contribution in [2.24, 2.45) is 0 Å². The van der Waals surface area contributed by atoms with Gasteiger partial charge in [0.1, 0.15) is 24.4 Å². The average molecular weight is 274 g/mol. The third kappa shape index (κ3) is 2.11. The Morgan fingerprint density at radius 2 is 1.47 bits per heavy atom. The van der Waals surface area contributed by atoms with E-state index in [-0.39, 0.29) is 24.9 Å². The molecule has 6 nitrogen and oxygen atoms in total. The molecular formula is C13H22O6. The number of aliphatic hydroxyl groups excluding tert-OH is 1. The molecule has 3 aliphatic heterocycles. The molecule has 19 heavy (non-hydrogen) atoms. The maximum absolute atomic E-state index is 9.52. The van der Waals surface area contributed by atoms with Crippen molar-refractivity contribution >= 4 is 0 Å². The molecule has 3 rings (SSSR count). The normalized spacial score (nSPS) is 50.8. The van der Waals surface area contributed by atoms with Gasteiger partial charge in [0.15, 0.2) is 17.4 Å². The number of ether oxygens (including phenoxy) is 5. The first kappa shape index (κ1) is 13.7. The highest BCUT2D eigenvalue weighted by Gasteiger charge is 2.65. The summed E-state index contributed by atoms with van der Waals surface area (Å²) in [5.74, 6) is -2.39. The van der Waals surface area contributed by atoms with Crippen LogP contribution < -0.4 is 0 Å². The molecule has 0 amide bonds. The SMILES string of the molecule is CC1(C)O[C@@H]2[C@H](O1)[C@H]1OC(C)(C)O[C@@]1(C)O[C@@H]2CO. The van der Waals surface area contributed by atoms with Crippen LogP contribution in [0.3, 0.4) is 0 Å². The zero-order valence-corrected chi connectivity index (χ0v) is 12.0. The van der Waals surface area contributed by atoms with Gasteiger partial charge in [0.05, 0.1) is 6.61 Å². The summed E-state index contributed by atoms with van der Waals surface area (Å²) >= 11 is 0. The van der Waals surface area contributed by atoms with E-state index < -0.39 is 23.5 Å². The minimum absolute atomic E-state index is 0.146. The van der Waals surface area contributed by atoms with Crippen LogP contribution >= 0.6 is 0 Å². The fourth-order valence-electron chi connectivity index (χ4n) is 3.29. The lowest BCUT2D eigenvalue weighted by atomic mass is 9.94. The second-order valence-corrected chi connectivity index (χ2v) is 6.46. The lowest BCUT2D eigenvalue weighted by molar-refractivity contribution is -0.301. The van der Waals surface area contributed by atoms with Crippen LogP contribution in [0.4, 0.5) is 0 Å². The Labute approximate surface area is 112 Å². The molecule has 3 heterocycles. The summed E-state index contributed by atoms with van der Waals surface area (Å²) in [7, 11) is 0. The number of fused-ring (bicyclic) bond motifs is 3. The van der Waals surface area contributed by atoms with Crippen LogP contribution in [0.25, 0.3) is 0 Å². The standard InChI is InChI=1S/C13H22O6/c1-11(2)16-8-7(6-14)15-13(5)10(9(8)17-11)18-12(3,4)19-13/h7-10,14H,6H2,1-5H3/t7-,8+,9+,10-,13-/m1/s1. The monoisotopic (exact) mass is 274 g/mol. The Morgan fingerprint density at radius 3 is 2.11 bits per heavy atom. The largest absolute Gasteiger partial charge is 0.394 e. The van der Waals surface area contributed by atoms with Crippen molar-refractivity contribution in [2.75, 3.05) is 6.61 Å². The van der Waals surface area contributed by atoms with Gasteiger partial charge < -0.3 is 28.8 Å². The van der Waals surface area contributed by atoms with Crippen LogP contribution in [-0.2, 0) is 23.7 Å². The fraction of sp³-hybridized carbons (Fsp3) is 1.00. The summed E-state index contributed by atoms with van der Waals surface area (Å²) in [6, 6.07) is 0. The second kappa shape index (κ2) is 3.90. The van der Waals surface area contributed by atoms with Gasteiger partial charge in [-0.1, -0.05) is 0 Å². The number of hydrogen-bond donors (Lipinski definition) is 1. The van der Waals surface area contributed by atoms with Gasteiger partial charge in [-0.3, -0.25) is 0 Å². The van der Waals surface area contributed by atoms with E-state index in [0.29, 0.717) is 0 Å². The maximum atomic E-state index is 9.52. The number of hydrogen-bond acceptors (Lipinski definition) is 6. The zero-order chi connectivity index (χ0) is 14.1. The van der Waals surface area contributed by atoms with Crippen LogP contribution in [-0.4, -0.2) is 53.5 Å². The molecule has 0 radical (unpaired) electrons. The van der Waals surface area contributed by atoms with E-state index in [9.17, 15) is 5.11 Å². The quantitative estimate of drug-likeness (QED) is 0.761. The van der Waals surface area contributed by atoms with Crippen LogP contribution in [0.1, 0.15) is 34.6 Å². The molecule has 3 aliphatic rings. The first-order valence-electron chi connectivity index (χ1n) is 6.68. The van der Waals surface area contributed by atoms with Gasteiger partial charge in [-0.25, -0.2) is 0 Å². The summed E-state index contributed by atoms with van der Waals surface area (Å²) < 4.78 is 29.4. The van der Waals surface area contributed by atoms with Crippen molar-refractivity contribution < 1.29 is 28.8 Å². The molecule has 6 heteroatoms. The first-order chi connectivity index (χ1) is 8.66. The highest BCUT2D eigenvalue weighted by atomic mass is 16.9. The second-order valence-electron chi connectivity index (χ2n) is 6.46. The molecule has 5 atom stereocenters. The predicted molar refractivity (Wildman–Crippen MR) is 64.2 cm³/mol. The molecule has 0 aliphatic carbocycles. The third-order valence-corrected chi connectivity index (χ3v) is 3.77. The Kier molecular flexibility index (Phi) is 2.82. The van der Waals surface area contributed by atoms with Gasteiger partial charge in [-0.2, -0.15) is 0 Å². The molecule has 0 aromatic carbocycles. The van der Waals surface area contributed by atoms with Crippen molar-refractivity contribution in [1.29, 1.82) is 0 Å². The molecule has 3 fully saturated rings. The zero-order valence-electron chi connectivity index (χ0n) is 12.0. The maximum Gasteiger partial charge on any atom is 0.198 e. The highest BCUT2D eigenvalue weighted by Crippen LogP contribution is 2.48. The van der Waals surface area contributed by atoms with E-state index in [1.807, 2.05) is 34.6 Å². The molecule has 1 N–H and O–H groups in total. The Bertz CT molecular complexity index is 381. The topological polar surface area (TPSA) is 66.4 Å². The molecule has 0 bridgehead atoms. The van der Waals surface area contributed by atoms with E-state index in [1.54, 1.807) is 0 Å². The van der Waals surface area contributed by atoms with Crippen LogP contribution in [0.2, 0.25) is 0 Å². The minimum atomic E-state index is -0.929. The summed E-state index contributed by atoms with van der Waals surface area (Å²) in [5, 5.41) is 9.52. The van der Waals surface area contributed by atoms with Crippen molar-refractivity contribution in [2.45, 2.75) is 76.4 Å². The van der Waals surface area contributed by atoms with Crippen LogP contribution in [0.5, 0.6) is 0 Å². The summed E-state index contributed by atoms with van der Waals surface area (Å²) in [4.78, 5) is 0. The smallest absolute Gasteiger partial charge is 0.198 e.